The van der Waals surface area contributed by atoms with Crippen LogP contribution in [0.25, 0.3) is 22.3 Å². The van der Waals surface area contributed by atoms with Gasteiger partial charge in [-0.1, -0.05) is 43.7 Å². The molecule has 1 aliphatic carbocycles. The normalized spacial score (nSPS) is 25.3. The number of ether oxygens (including phenoxy) is 2. The van der Waals surface area contributed by atoms with Gasteiger partial charge < -0.3 is 29.9 Å². The highest BCUT2D eigenvalue weighted by Gasteiger charge is 2.62. The number of amides is 4. The Balaban J connectivity index is 1.23. The first-order valence-corrected chi connectivity index (χ1v) is 22.4. The van der Waals surface area contributed by atoms with Gasteiger partial charge in [0.05, 0.1) is 35.9 Å². The molecular formula is C42H56N10O8S. The molecule has 0 spiro atoms. The second-order valence-corrected chi connectivity index (χ2v) is 18.7. The van der Waals surface area contributed by atoms with Crippen molar-refractivity contribution in [2.45, 2.75) is 108 Å². The smallest absolute Gasteiger partial charge is 0.412 e. The molecule has 19 heteroatoms. The zero-order valence-corrected chi connectivity index (χ0v) is 36.2. The number of hydrogen-bond donors (Lipinski definition) is 3. The van der Waals surface area contributed by atoms with Crippen LogP contribution in [0.3, 0.4) is 0 Å². The highest BCUT2D eigenvalue weighted by Crippen LogP contribution is 2.46. The molecule has 18 nitrogen and oxygen atoms in total. The summed E-state index contributed by atoms with van der Waals surface area (Å²) in [6.07, 6.45) is 11.0. The SMILES string of the molecule is C=C(C)OC(=O)N[C@H]1CCCCC/C=C\[C@@H]2C[C@@]2(C(=O)NS(=O)(=O)N(C)C)NC(=O)[C@@H]2C[C@@H](Oc3nc4c(-c5cncc(N6CCCC6)n5)cccc4n3C(C)C)CN2C1=O. The van der Waals surface area contributed by atoms with E-state index < -0.39 is 63.7 Å². The zero-order valence-electron chi connectivity index (χ0n) is 35.4. The van der Waals surface area contributed by atoms with Crippen LogP contribution in [0.4, 0.5) is 10.6 Å². The number of rotatable bonds is 10. The first-order valence-electron chi connectivity index (χ1n) is 21.0. The zero-order chi connectivity index (χ0) is 43.6. The van der Waals surface area contributed by atoms with Gasteiger partial charge in [0.15, 0.2) is 0 Å². The maximum Gasteiger partial charge on any atom is 0.412 e. The van der Waals surface area contributed by atoms with Crippen LogP contribution >= 0.6 is 0 Å². The van der Waals surface area contributed by atoms with E-state index in [9.17, 15) is 27.6 Å². The van der Waals surface area contributed by atoms with Crippen LogP contribution in [0.1, 0.15) is 84.6 Å². The van der Waals surface area contributed by atoms with Crippen molar-refractivity contribution in [2.24, 2.45) is 5.92 Å². The van der Waals surface area contributed by atoms with Gasteiger partial charge in [0.2, 0.25) is 11.8 Å². The fourth-order valence-corrected chi connectivity index (χ4v) is 9.01. The molecule has 3 N–H and O–H groups in total. The van der Waals surface area contributed by atoms with Crippen LogP contribution in [0, 0.1) is 5.92 Å². The molecule has 61 heavy (non-hydrogen) atoms. The van der Waals surface area contributed by atoms with Crippen LogP contribution in [0.2, 0.25) is 0 Å². The number of aromatic nitrogens is 4. The topological polar surface area (TPSA) is 210 Å². The maximum absolute atomic E-state index is 14.6. The van der Waals surface area contributed by atoms with E-state index in [4.69, 9.17) is 19.4 Å². The largest absolute Gasteiger partial charge is 0.459 e. The average Bonchev–Trinajstić information content (AvgIpc) is 3.61. The molecule has 3 fully saturated rings. The van der Waals surface area contributed by atoms with Crippen LogP contribution < -0.4 is 25.0 Å². The molecule has 0 radical (unpaired) electrons. The minimum atomic E-state index is -4.19. The lowest BCUT2D eigenvalue weighted by atomic mass is 10.1. The highest BCUT2D eigenvalue weighted by atomic mass is 32.2. The Bertz CT molecular complexity index is 2320. The number of imidazole rings is 1. The predicted octanol–water partition coefficient (Wildman–Crippen LogP) is 3.97. The van der Waals surface area contributed by atoms with Crippen LogP contribution in [0.5, 0.6) is 6.01 Å². The summed E-state index contributed by atoms with van der Waals surface area (Å²) in [7, 11) is -1.61. The van der Waals surface area contributed by atoms with Gasteiger partial charge in [-0.3, -0.25) is 23.9 Å². The van der Waals surface area contributed by atoms with Gasteiger partial charge in [-0.2, -0.15) is 17.7 Å². The summed E-state index contributed by atoms with van der Waals surface area (Å²) >= 11 is 0. The molecule has 7 rings (SSSR count). The van der Waals surface area contributed by atoms with Gasteiger partial charge in [0.25, 0.3) is 11.9 Å². The van der Waals surface area contributed by atoms with Crippen molar-refractivity contribution in [3.8, 4) is 17.3 Å². The third-order valence-corrected chi connectivity index (χ3v) is 13.1. The van der Waals surface area contributed by atoms with E-state index in [2.05, 4.69) is 31.8 Å². The minimum Gasteiger partial charge on any atom is -0.459 e. The van der Waals surface area contributed by atoms with Gasteiger partial charge in [0, 0.05) is 51.1 Å². The number of nitrogens with zero attached hydrogens (tertiary/aromatic N) is 7. The number of carbonyl (C=O) groups excluding carboxylic acids is 4. The summed E-state index contributed by atoms with van der Waals surface area (Å²) < 4.78 is 42.4. The molecule has 5 atom stereocenters. The first-order chi connectivity index (χ1) is 29.1. The Morgan fingerprint density at radius 1 is 1.07 bits per heavy atom. The Morgan fingerprint density at radius 3 is 2.56 bits per heavy atom. The predicted molar refractivity (Wildman–Crippen MR) is 227 cm³/mol. The van der Waals surface area contributed by atoms with E-state index in [1.54, 1.807) is 12.4 Å². The molecule has 2 aromatic heterocycles. The van der Waals surface area contributed by atoms with Gasteiger partial charge >= 0.3 is 16.3 Å². The van der Waals surface area contributed by atoms with E-state index in [0.717, 1.165) is 60.0 Å². The lowest BCUT2D eigenvalue weighted by Crippen LogP contribution is -2.58. The molecule has 0 bridgehead atoms. The van der Waals surface area contributed by atoms with Crippen LogP contribution in [-0.4, -0.2) is 118 Å². The summed E-state index contributed by atoms with van der Waals surface area (Å²) in [5.74, 6) is -1.61. The lowest BCUT2D eigenvalue weighted by Gasteiger charge is -2.29. The number of hydrogen-bond acceptors (Lipinski definition) is 12. The van der Waals surface area contributed by atoms with Gasteiger partial charge in [0.1, 0.15) is 35.1 Å². The molecule has 4 amide bonds. The number of fused-ring (bicyclic) bond motifs is 3. The summed E-state index contributed by atoms with van der Waals surface area (Å²) in [6.45, 7) is 10.9. The number of allylic oxidation sites excluding steroid dienone is 2. The third-order valence-electron chi connectivity index (χ3n) is 11.7. The van der Waals surface area contributed by atoms with Crippen molar-refractivity contribution in [1.29, 1.82) is 0 Å². The monoisotopic (exact) mass is 860 g/mol. The van der Waals surface area contributed by atoms with Gasteiger partial charge in [-0.05, 0) is 65.4 Å². The Morgan fingerprint density at radius 2 is 1.84 bits per heavy atom. The number of nitrogens with one attached hydrogen (secondary N) is 3. The van der Waals surface area contributed by atoms with E-state index in [-0.39, 0.29) is 43.6 Å². The summed E-state index contributed by atoms with van der Waals surface area (Å²) in [4.78, 5) is 73.9. The Labute approximate surface area is 356 Å². The number of anilines is 1. The first kappa shape index (κ1) is 43.5. The van der Waals surface area contributed by atoms with Crippen LogP contribution in [0.15, 0.2) is 55.1 Å². The van der Waals surface area contributed by atoms with E-state index in [0.29, 0.717) is 24.1 Å². The van der Waals surface area contributed by atoms with Crippen molar-refractivity contribution in [3.05, 3.63) is 55.1 Å². The fourth-order valence-electron chi connectivity index (χ4n) is 8.41. The van der Waals surface area contributed by atoms with Crippen molar-refractivity contribution < 1.29 is 37.1 Å². The molecule has 1 aromatic carbocycles. The summed E-state index contributed by atoms with van der Waals surface area (Å²) in [5.41, 5.74) is 1.30. The average molecular weight is 861 g/mol. The van der Waals surface area contributed by atoms with Gasteiger partial charge in [-0.15, -0.1) is 0 Å². The summed E-state index contributed by atoms with van der Waals surface area (Å²) in [6, 6.07) is 3.77. The Kier molecular flexibility index (Phi) is 12.7. The van der Waals surface area contributed by atoms with Crippen molar-refractivity contribution in [3.63, 3.8) is 0 Å². The molecular weight excluding hydrogens is 805 g/mol. The molecule has 4 aliphatic rings. The second-order valence-electron chi connectivity index (χ2n) is 16.8. The van der Waals surface area contributed by atoms with E-state index in [1.165, 1.54) is 25.9 Å². The molecule has 1 saturated carbocycles. The quantitative estimate of drug-likeness (QED) is 0.196. The number of para-hydroxylation sites is 1. The lowest BCUT2D eigenvalue weighted by molar-refractivity contribution is -0.141. The van der Waals surface area contributed by atoms with Crippen molar-refractivity contribution in [2.75, 3.05) is 38.6 Å². The maximum atomic E-state index is 14.6. The summed E-state index contributed by atoms with van der Waals surface area (Å²) in [5, 5.41) is 5.55. The Hall–Kier alpha value is -5.56. The third kappa shape index (κ3) is 9.36. The second kappa shape index (κ2) is 17.8. The molecule has 2 saturated heterocycles. The van der Waals surface area contributed by atoms with Crippen molar-refractivity contribution >= 4 is 50.9 Å². The molecule has 5 heterocycles. The number of alkyl carbamates (subject to hydrolysis) is 1. The van der Waals surface area contributed by atoms with E-state index in [1.807, 2.05) is 48.8 Å². The molecule has 3 aliphatic heterocycles. The fraction of sp³-hybridized carbons (Fsp3) is 0.548. The number of benzene rings is 1. The van der Waals surface area contributed by atoms with E-state index >= 15 is 0 Å². The van der Waals surface area contributed by atoms with Crippen LogP contribution in [-0.2, 0) is 29.3 Å². The molecule has 3 aromatic rings. The highest BCUT2D eigenvalue weighted by molar-refractivity contribution is 7.87. The minimum absolute atomic E-state index is 0.00617. The molecule has 328 valence electrons. The molecule has 0 unspecified atom stereocenters. The number of carbonyl (C=O) groups is 4. The van der Waals surface area contributed by atoms with Crippen molar-refractivity contribution in [1.82, 2.24) is 44.1 Å². The van der Waals surface area contributed by atoms with Gasteiger partial charge in [-0.25, -0.2) is 14.5 Å². The standard InChI is InChI=1S/C42H56N10O8S/c1-26(2)52-33-18-14-16-30(32-23-43-24-35(44-32)50-19-12-13-20-50)36(33)46-40(52)60-29-21-34-37(53)47-42(39(55)48-61(57,58)49(5)6)22-28(42)15-10-8-7-9-11-17-31(38(54)51(34)25-29)45-41(56)59-27(3)4/h10,14-16,18,23-24,26,28-29,31,34H,3,7-9,11-13,17,19-22,25H2,1-2,4-6H3,(H,45,56)(H,47,53)(H,48,55)/b15-10-/t28-,29-,31+,34+,42-/m1/s1.